The normalized spacial score (nSPS) is 11.2. The maximum atomic E-state index is 13.8. The molecule has 122 valence electrons. The first kappa shape index (κ1) is 17.1. The number of nitrogens with one attached hydrogen (secondary N) is 1. The summed E-state index contributed by atoms with van der Waals surface area (Å²) in [7, 11) is -2.38. The van der Waals surface area contributed by atoms with Crippen molar-refractivity contribution in [1.29, 1.82) is 0 Å². The Hall–Kier alpha value is -2.25. The molecule has 7 heteroatoms. The molecule has 0 spiro atoms. The average molecular weight is 337 g/mol. The number of benzene rings is 2. The van der Waals surface area contributed by atoms with Crippen LogP contribution in [-0.2, 0) is 27.1 Å². The van der Waals surface area contributed by atoms with Crippen molar-refractivity contribution in [3.05, 3.63) is 71.0 Å². The maximum Gasteiger partial charge on any atom is 0.340 e. The summed E-state index contributed by atoms with van der Waals surface area (Å²) < 4.78 is 44.6. The van der Waals surface area contributed by atoms with Crippen molar-refractivity contribution in [2.45, 2.75) is 12.3 Å². The van der Waals surface area contributed by atoms with Gasteiger partial charge in [-0.15, -0.1) is 0 Å². The van der Waals surface area contributed by atoms with Crippen LogP contribution >= 0.6 is 0 Å². The molecule has 0 aliphatic rings. The molecule has 2 rings (SSSR count). The van der Waals surface area contributed by atoms with Gasteiger partial charge < -0.3 is 4.74 Å². The van der Waals surface area contributed by atoms with Gasteiger partial charge in [-0.1, -0.05) is 36.4 Å². The first-order chi connectivity index (χ1) is 10.9. The molecule has 0 aromatic heterocycles. The molecule has 0 aliphatic carbocycles. The molecular formula is C16H16FNO4S. The van der Waals surface area contributed by atoms with Gasteiger partial charge in [0.2, 0.25) is 10.0 Å². The highest BCUT2D eigenvalue weighted by atomic mass is 32.2. The molecule has 0 saturated heterocycles. The number of esters is 1. The molecule has 0 heterocycles. The van der Waals surface area contributed by atoms with E-state index in [1.807, 2.05) is 0 Å². The molecule has 23 heavy (non-hydrogen) atoms. The Balaban J connectivity index is 2.03. The molecule has 2 aromatic rings. The van der Waals surface area contributed by atoms with Crippen molar-refractivity contribution in [2.24, 2.45) is 0 Å². The fraction of sp³-hybridized carbons (Fsp3) is 0.188. The molecule has 0 atom stereocenters. The highest BCUT2D eigenvalue weighted by Gasteiger charge is 2.14. The number of carbonyl (C=O) groups excluding carboxylic acids is 1. The van der Waals surface area contributed by atoms with Gasteiger partial charge in [-0.2, -0.15) is 0 Å². The summed E-state index contributed by atoms with van der Waals surface area (Å²) in [4.78, 5) is 11.3. The van der Waals surface area contributed by atoms with Crippen LogP contribution in [0.5, 0.6) is 0 Å². The van der Waals surface area contributed by atoms with Gasteiger partial charge >= 0.3 is 5.97 Å². The van der Waals surface area contributed by atoms with Crippen LogP contribution in [0.1, 0.15) is 21.5 Å². The summed E-state index contributed by atoms with van der Waals surface area (Å²) in [6.45, 7) is -0.0620. The van der Waals surface area contributed by atoms with Gasteiger partial charge in [0, 0.05) is 6.54 Å². The van der Waals surface area contributed by atoms with E-state index in [4.69, 9.17) is 0 Å². The van der Waals surface area contributed by atoms with Gasteiger partial charge in [-0.05, 0) is 23.3 Å². The lowest BCUT2D eigenvalue weighted by Crippen LogP contribution is -2.24. The Labute approximate surface area is 134 Å². The minimum Gasteiger partial charge on any atom is -0.465 e. The van der Waals surface area contributed by atoms with Crippen LogP contribution in [0.25, 0.3) is 0 Å². The zero-order chi connectivity index (χ0) is 16.9. The SMILES string of the molecule is COC(=O)c1ccc(CNS(=O)(=O)Cc2ccccc2)cc1F. The highest BCUT2D eigenvalue weighted by molar-refractivity contribution is 7.88. The van der Waals surface area contributed by atoms with Crippen LogP contribution in [0.2, 0.25) is 0 Å². The van der Waals surface area contributed by atoms with Gasteiger partial charge in [-0.3, -0.25) is 0 Å². The summed E-state index contributed by atoms with van der Waals surface area (Å²) in [5, 5.41) is 0. The number of sulfonamides is 1. The number of rotatable bonds is 6. The fourth-order valence-corrected chi connectivity index (χ4v) is 3.10. The van der Waals surface area contributed by atoms with Gasteiger partial charge in [0.1, 0.15) is 5.82 Å². The van der Waals surface area contributed by atoms with Gasteiger partial charge in [0.15, 0.2) is 0 Å². The van der Waals surface area contributed by atoms with E-state index in [1.54, 1.807) is 30.3 Å². The van der Waals surface area contributed by atoms with Gasteiger partial charge in [0.25, 0.3) is 0 Å². The molecule has 2 aromatic carbocycles. The van der Waals surface area contributed by atoms with Crippen molar-refractivity contribution in [1.82, 2.24) is 4.72 Å². The van der Waals surface area contributed by atoms with Crippen LogP contribution in [-0.4, -0.2) is 21.5 Å². The number of hydrogen-bond acceptors (Lipinski definition) is 4. The van der Waals surface area contributed by atoms with E-state index in [2.05, 4.69) is 9.46 Å². The third-order valence-electron chi connectivity index (χ3n) is 3.13. The number of ether oxygens (including phenoxy) is 1. The van der Waals surface area contributed by atoms with E-state index in [-0.39, 0.29) is 17.9 Å². The van der Waals surface area contributed by atoms with E-state index in [0.29, 0.717) is 11.1 Å². The largest absolute Gasteiger partial charge is 0.465 e. The lowest BCUT2D eigenvalue weighted by molar-refractivity contribution is 0.0595. The van der Waals surface area contributed by atoms with Crippen molar-refractivity contribution in [3.63, 3.8) is 0 Å². The molecule has 0 amide bonds. The lowest BCUT2D eigenvalue weighted by Gasteiger charge is -2.08. The van der Waals surface area contributed by atoms with Crippen LogP contribution < -0.4 is 4.72 Å². The standard InChI is InChI=1S/C16H16FNO4S/c1-22-16(19)14-8-7-13(9-15(14)17)10-18-23(20,21)11-12-5-3-2-4-6-12/h2-9,18H,10-11H2,1H3. The second-order valence-electron chi connectivity index (χ2n) is 4.87. The summed E-state index contributed by atoms with van der Waals surface area (Å²) in [5.41, 5.74) is 0.877. The van der Waals surface area contributed by atoms with Crippen LogP contribution in [0.3, 0.4) is 0 Å². The zero-order valence-electron chi connectivity index (χ0n) is 12.5. The van der Waals surface area contributed by atoms with E-state index < -0.39 is 21.8 Å². The van der Waals surface area contributed by atoms with Gasteiger partial charge in [0.05, 0.1) is 18.4 Å². The van der Waals surface area contributed by atoms with E-state index in [1.165, 1.54) is 12.1 Å². The number of hydrogen-bond donors (Lipinski definition) is 1. The predicted molar refractivity (Wildman–Crippen MR) is 83.6 cm³/mol. The molecule has 0 fully saturated rings. The summed E-state index contributed by atoms with van der Waals surface area (Å²) >= 11 is 0. The first-order valence-corrected chi connectivity index (χ1v) is 8.44. The summed E-state index contributed by atoms with van der Waals surface area (Å²) in [6.07, 6.45) is 0. The Bertz CT molecular complexity index is 791. The Kier molecular flexibility index (Phi) is 5.46. The molecule has 0 aliphatic heterocycles. The number of methoxy groups -OCH3 is 1. The average Bonchev–Trinajstić information content (AvgIpc) is 2.53. The molecule has 0 unspecified atom stereocenters. The minimum atomic E-state index is -3.54. The smallest absolute Gasteiger partial charge is 0.340 e. The molecular weight excluding hydrogens is 321 g/mol. The fourth-order valence-electron chi connectivity index (χ4n) is 1.98. The summed E-state index contributed by atoms with van der Waals surface area (Å²) in [6, 6.07) is 12.6. The minimum absolute atomic E-state index is 0.0620. The summed E-state index contributed by atoms with van der Waals surface area (Å²) in [5.74, 6) is -1.69. The van der Waals surface area contributed by atoms with Gasteiger partial charge in [-0.25, -0.2) is 22.3 Å². The molecule has 5 nitrogen and oxygen atoms in total. The van der Waals surface area contributed by atoms with E-state index >= 15 is 0 Å². The van der Waals surface area contributed by atoms with E-state index in [0.717, 1.165) is 13.2 Å². The van der Waals surface area contributed by atoms with Crippen molar-refractivity contribution in [3.8, 4) is 0 Å². The third-order valence-corrected chi connectivity index (χ3v) is 4.43. The first-order valence-electron chi connectivity index (χ1n) is 6.79. The molecule has 0 radical (unpaired) electrons. The molecule has 1 N–H and O–H groups in total. The van der Waals surface area contributed by atoms with Crippen molar-refractivity contribution < 1.29 is 22.3 Å². The zero-order valence-corrected chi connectivity index (χ0v) is 13.3. The third kappa shape index (κ3) is 4.87. The second kappa shape index (κ2) is 7.34. The second-order valence-corrected chi connectivity index (χ2v) is 6.68. The Morgan fingerprint density at radius 3 is 2.43 bits per heavy atom. The Morgan fingerprint density at radius 1 is 1.13 bits per heavy atom. The van der Waals surface area contributed by atoms with Crippen LogP contribution in [0.15, 0.2) is 48.5 Å². The highest BCUT2D eigenvalue weighted by Crippen LogP contribution is 2.12. The van der Waals surface area contributed by atoms with Crippen LogP contribution in [0.4, 0.5) is 4.39 Å². The number of carbonyl (C=O) groups is 1. The molecule has 0 bridgehead atoms. The lowest BCUT2D eigenvalue weighted by atomic mass is 10.1. The van der Waals surface area contributed by atoms with E-state index in [9.17, 15) is 17.6 Å². The molecule has 0 saturated carbocycles. The number of halogens is 1. The predicted octanol–water partition coefficient (Wildman–Crippen LogP) is 2.23. The Morgan fingerprint density at radius 2 is 1.83 bits per heavy atom. The van der Waals surface area contributed by atoms with Crippen LogP contribution in [0, 0.1) is 5.82 Å². The monoisotopic (exact) mass is 337 g/mol. The van der Waals surface area contributed by atoms with Crippen molar-refractivity contribution in [2.75, 3.05) is 7.11 Å². The van der Waals surface area contributed by atoms with Crippen molar-refractivity contribution >= 4 is 16.0 Å². The maximum absolute atomic E-state index is 13.8. The quantitative estimate of drug-likeness (QED) is 0.821. The topological polar surface area (TPSA) is 72.5 Å².